The number of hydrogen-bond donors (Lipinski definition) is 1. The van der Waals surface area contributed by atoms with Gasteiger partial charge in [0.25, 0.3) is 0 Å². The first-order valence-corrected chi connectivity index (χ1v) is 2.58. The van der Waals surface area contributed by atoms with Gasteiger partial charge in [-0.25, -0.2) is 9.59 Å². The van der Waals surface area contributed by atoms with E-state index in [0.29, 0.717) is 0 Å². The van der Waals surface area contributed by atoms with Gasteiger partial charge in [0, 0.05) is 0 Å². The Bertz CT molecular complexity index is 267. The molecule has 0 unspecified atom stereocenters. The van der Waals surface area contributed by atoms with Crippen LogP contribution in [0.2, 0.25) is 0 Å². The highest BCUT2D eigenvalue weighted by molar-refractivity contribution is 5.83. The van der Waals surface area contributed by atoms with Crippen LogP contribution in [-0.4, -0.2) is 27.2 Å². The average Bonchev–Trinajstić information content (AvgIpc) is 2.35. The summed E-state index contributed by atoms with van der Waals surface area (Å²) < 4.78 is 4.70. The first-order valence-electron chi connectivity index (χ1n) is 2.58. The predicted molar refractivity (Wildman–Crippen MR) is 31.5 cm³/mol. The smallest absolute Gasteiger partial charge is 0.358 e. The molecule has 0 aliphatic carbocycles. The molecule has 11 heavy (non-hydrogen) atoms. The molecule has 1 amide bonds. The molecular weight excluding hydrogens is 152 g/mol. The molecule has 7 nitrogen and oxygen atoms in total. The SMILES string of the molecule is NC(=O)OC(=O)n1ccnn1. The van der Waals surface area contributed by atoms with Crippen LogP contribution in [0.25, 0.3) is 0 Å². The Kier molecular flexibility index (Phi) is 1.81. The number of carbonyl (C=O) groups excluding carboxylic acids is 2. The minimum Gasteiger partial charge on any atom is -0.358 e. The largest absolute Gasteiger partial charge is 0.445 e. The molecule has 0 radical (unpaired) electrons. The topological polar surface area (TPSA) is 100 Å². The first-order chi connectivity index (χ1) is 5.20. The number of hydrogen-bond acceptors (Lipinski definition) is 5. The molecule has 0 aliphatic heterocycles. The maximum absolute atomic E-state index is 10.7. The van der Waals surface area contributed by atoms with E-state index in [1.165, 1.54) is 12.4 Å². The lowest BCUT2D eigenvalue weighted by atomic mass is 10.9. The van der Waals surface area contributed by atoms with E-state index in [4.69, 9.17) is 0 Å². The molecule has 1 rings (SSSR count). The van der Waals surface area contributed by atoms with Crippen molar-refractivity contribution in [2.45, 2.75) is 0 Å². The summed E-state index contributed by atoms with van der Waals surface area (Å²) in [6.07, 6.45) is 0.341. The van der Waals surface area contributed by atoms with Crippen molar-refractivity contribution >= 4 is 12.2 Å². The molecule has 0 bridgehead atoms. The van der Waals surface area contributed by atoms with E-state index >= 15 is 0 Å². The van der Waals surface area contributed by atoms with E-state index in [0.717, 1.165) is 4.68 Å². The maximum Gasteiger partial charge on any atom is 0.445 e. The molecule has 58 valence electrons. The highest BCUT2D eigenvalue weighted by atomic mass is 16.6. The lowest BCUT2D eigenvalue weighted by Gasteiger charge is -1.95. The Morgan fingerprint density at radius 2 is 2.27 bits per heavy atom. The Morgan fingerprint density at radius 1 is 1.55 bits per heavy atom. The third kappa shape index (κ3) is 1.75. The number of primary amides is 1. The molecule has 0 saturated heterocycles. The first kappa shape index (κ1) is 7.19. The highest BCUT2D eigenvalue weighted by Gasteiger charge is 2.08. The van der Waals surface area contributed by atoms with Gasteiger partial charge in [-0.2, -0.15) is 4.68 Å². The second-order valence-electron chi connectivity index (χ2n) is 1.53. The molecule has 0 spiro atoms. The zero-order valence-corrected chi connectivity index (χ0v) is 5.30. The van der Waals surface area contributed by atoms with Crippen LogP contribution in [0.15, 0.2) is 12.4 Å². The Hall–Kier alpha value is -1.92. The summed E-state index contributed by atoms with van der Waals surface area (Å²) in [5, 5.41) is 6.56. The summed E-state index contributed by atoms with van der Waals surface area (Å²) in [6.45, 7) is 0. The third-order valence-corrected chi connectivity index (χ3v) is 0.797. The molecule has 0 saturated carbocycles. The van der Waals surface area contributed by atoms with Crippen molar-refractivity contribution in [2.75, 3.05) is 0 Å². The van der Waals surface area contributed by atoms with Crippen LogP contribution in [-0.2, 0) is 4.74 Å². The molecule has 0 aliphatic rings. The van der Waals surface area contributed by atoms with Gasteiger partial charge in [-0.15, -0.1) is 5.10 Å². The second-order valence-corrected chi connectivity index (χ2v) is 1.53. The third-order valence-electron chi connectivity index (χ3n) is 0.797. The van der Waals surface area contributed by atoms with Crippen LogP contribution in [0.5, 0.6) is 0 Å². The van der Waals surface area contributed by atoms with E-state index in [1.54, 1.807) is 0 Å². The number of ether oxygens (including phenoxy) is 1. The van der Waals surface area contributed by atoms with Crippen molar-refractivity contribution in [3.05, 3.63) is 12.4 Å². The van der Waals surface area contributed by atoms with Gasteiger partial charge >= 0.3 is 12.2 Å². The molecule has 0 fully saturated rings. The fourth-order valence-electron chi connectivity index (χ4n) is 0.438. The van der Waals surface area contributed by atoms with Crippen molar-refractivity contribution in [1.29, 1.82) is 0 Å². The molecule has 0 atom stereocenters. The Balaban J connectivity index is 2.64. The number of nitrogens with two attached hydrogens (primary N) is 1. The van der Waals surface area contributed by atoms with Gasteiger partial charge in [0.15, 0.2) is 0 Å². The monoisotopic (exact) mass is 156 g/mol. The van der Waals surface area contributed by atoms with Crippen LogP contribution in [0, 0.1) is 0 Å². The highest BCUT2D eigenvalue weighted by Crippen LogP contribution is 1.84. The van der Waals surface area contributed by atoms with Crippen LogP contribution in [0.1, 0.15) is 0 Å². The predicted octanol–water partition coefficient (Wildman–Crippen LogP) is -0.659. The second kappa shape index (κ2) is 2.78. The van der Waals surface area contributed by atoms with Crippen LogP contribution in [0.3, 0.4) is 0 Å². The quantitative estimate of drug-likeness (QED) is 0.502. The van der Waals surface area contributed by atoms with Crippen molar-refractivity contribution in [2.24, 2.45) is 5.73 Å². The average molecular weight is 156 g/mol. The summed E-state index contributed by atoms with van der Waals surface area (Å²) in [5.74, 6) is 0. The van der Waals surface area contributed by atoms with E-state index in [9.17, 15) is 9.59 Å². The molecule has 1 aromatic heterocycles. The number of aromatic nitrogens is 3. The lowest BCUT2D eigenvalue weighted by molar-refractivity contribution is 0.155. The summed E-state index contributed by atoms with van der Waals surface area (Å²) in [6, 6.07) is 0. The lowest BCUT2D eigenvalue weighted by Crippen LogP contribution is -2.22. The number of amides is 1. The van der Waals surface area contributed by atoms with Crippen molar-refractivity contribution in [1.82, 2.24) is 15.0 Å². The van der Waals surface area contributed by atoms with Gasteiger partial charge < -0.3 is 10.5 Å². The fraction of sp³-hybridized carbons (Fsp3) is 0. The summed E-state index contributed by atoms with van der Waals surface area (Å²) in [7, 11) is 0. The minimum absolute atomic E-state index is 0.741. The molecule has 2 N–H and O–H groups in total. The molecule has 1 heterocycles. The summed E-state index contributed by atoms with van der Waals surface area (Å²) in [4.78, 5) is 20.7. The normalized spacial score (nSPS) is 9.09. The van der Waals surface area contributed by atoms with Crippen LogP contribution >= 0.6 is 0 Å². The Morgan fingerprint density at radius 3 is 2.73 bits per heavy atom. The molecule has 0 aromatic carbocycles. The van der Waals surface area contributed by atoms with E-state index in [1.807, 2.05) is 0 Å². The zero-order chi connectivity index (χ0) is 8.27. The number of carbonyl (C=O) groups is 2. The van der Waals surface area contributed by atoms with Crippen molar-refractivity contribution < 1.29 is 14.3 Å². The number of nitrogens with zero attached hydrogens (tertiary/aromatic N) is 3. The summed E-state index contributed by atoms with van der Waals surface area (Å²) in [5.41, 5.74) is 4.56. The van der Waals surface area contributed by atoms with Gasteiger partial charge in [-0.1, -0.05) is 5.21 Å². The van der Waals surface area contributed by atoms with E-state index in [2.05, 4.69) is 20.8 Å². The minimum atomic E-state index is -1.18. The van der Waals surface area contributed by atoms with Crippen molar-refractivity contribution in [3.63, 3.8) is 0 Å². The van der Waals surface area contributed by atoms with Gasteiger partial charge in [0.05, 0.1) is 12.4 Å². The Labute approximate surface area is 60.7 Å². The van der Waals surface area contributed by atoms with E-state index < -0.39 is 12.2 Å². The van der Waals surface area contributed by atoms with Crippen LogP contribution < -0.4 is 5.73 Å². The van der Waals surface area contributed by atoms with Gasteiger partial charge in [-0.3, -0.25) is 0 Å². The zero-order valence-electron chi connectivity index (χ0n) is 5.30. The summed E-state index contributed by atoms with van der Waals surface area (Å²) >= 11 is 0. The van der Waals surface area contributed by atoms with Crippen molar-refractivity contribution in [3.8, 4) is 0 Å². The molecular formula is C4H4N4O3. The molecule has 1 aromatic rings. The van der Waals surface area contributed by atoms with Gasteiger partial charge in [0.1, 0.15) is 0 Å². The number of rotatable bonds is 0. The van der Waals surface area contributed by atoms with Gasteiger partial charge in [-0.05, 0) is 0 Å². The standard InChI is InChI=1S/C4H4N4O3/c5-3(9)11-4(10)8-2-1-6-7-8/h1-2H,(H2,5,9). The van der Waals surface area contributed by atoms with Gasteiger partial charge in [0.2, 0.25) is 0 Å². The fourth-order valence-corrected chi connectivity index (χ4v) is 0.438. The maximum atomic E-state index is 10.7. The van der Waals surface area contributed by atoms with Crippen LogP contribution in [0.4, 0.5) is 9.59 Å². The van der Waals surface area contributed by atoms with E-state index in [-0.39, 0.29) is 0 Å². The molecule has 7 heteroatoms.